The first-order chi connectivity index (χ1) is 8.18. The Labute approximate surface area is 109 Å². The highest BCUT2D eigenvalue weighted by Gasteiger charge is 2.19. The quantitative estimate of drug-likeness (QED) is 0.722. The van der Waals surface area contributed by atoms with Crippen LogP contribution >= 0.6 is 0 Å². The van der Waals surface area contributed by atoms with Crippen molar-refractivity contribution in [3.63, 3.8) is 0 Å². The molecular weight excluding hydrogens is 206 g/mol. The van der Waals surface area contributed by atoms with E-state index in [1.54, 1.807) is 0 Å². The van der Waals surface area contributed by atoms with E-state index in [4.69, 9.17) is 0 Å². The highest BCUT2D eigenvalue weighted by Crippen LogP contribution is 2.22. The van der Waals surface area contributed by atoms with Crippen LogP contribution in [0, 0.1) is 5.92 Å². The second-order valence-electron chi connectivity index (χ2n) is 6.57. The van der Waals surface area contributed by atoms with E-state index in [-0.39, 0.29) is 0 Å². The summed E-state index contributed by atoms with van der Waals surface area (Å²) in [4.78, 5) is 0. The zero-order valence-electron chi connectivity index (χ0n) is 12.3. The van der Waals surface area contributed by atoms with Crippen molar-refractivity contribution >= 4 is 0 Å². The van der Waals surface area contributed by atoms with Crippen LogP contribution in [0.1, 0.15) is 85.0 Å². The second kappa shape index (κ2) is 8.97. The molecule has 1 nitrogen and oxygen atoms in total. The van der Waals surface area contributed by atoms with Crippen LogP contribution in [-0.2, 0) is 0 Å². The summed E-state index contributed by atoms with van der Waals surface area (Å²) >= 11 is 0. The maximum Gasteiger partial charge on any atom is 0.00696 e. The van der Waals surface area contributed by atoms with E-state index in [1.165, 1.54) is 64.2 Å². The zero-order valence-corrected chi connectivity index (χ0v) is 12.3. The predicted molar refractivity (Wildman–Crippen MR) is 77.4 cm³/mol. The molecule has 0 heterocycles. The van der Waals surface area contributed by atoms with Crippen molar-refractivity contribution in [1.29, 1.82) is 0 Å². The van der Waals surface area contributed by atoms with E-state index < -0.39 is 0 Å². The molecule has 2 aliphatic carbocycles. The molecule has 0 amide bonds. The zero-order chi connectivity index (χ0) is 12.5. The molecule has 1 heteroatoms. The van der Waals surface area contributed by atoms with Crippen LogP contribution in [0.25, 0.3) is 0 Å². The molecule has 0 saturated heterocycles. The largest absolute Gasteiger partial charge is 0.311 e. The summed E-state index contributed by atoms with van der Waals surface area (Å²) in [5.41, 5.74) is 0. The van der Waals surface area contributed by atoms with Crippen LogP contribution in [0.3, 0.4) is 0 Å². The van der Waals surface area contributed by atoms with Gasteiger partial charge in [-0.25, -0.2) is 0 Å². The summed E-state index contributed by atoms with van der Waals surface area (Å²) in [7, 11) is 0. The molecule has 1 N–H and O–H groups in total. The Bertz CT molecular complexity index is 146. The lowest BCUT2D eigenvalue weighted by Gasteiger charge is -2.30. The Morgan fingerprint density at radius 2 is 0.941 bits per heavy atom. The van der Waals surface area contributed by atoms with E-state index in [2.05, 4.69) is 26.1 Å². The normalized spacial score (nSPS) is 23.3. The van der Waals surface area contributed by atoms with Gasteiger partial charge in [-0.1, -0.05) is 59.3 Å². The van der Waals surface area contributed by atoms with Gasteiger partial charge in [0.25, 0.3) is 0 Å². The van der Waals surface area contributed by atoms with Gasteiger partial charge in [-0.3, -0.25) is 0 Å². The van der Waals surface area contributed by atoms with Gasteiger partial charge in [0, 0.05) is 12.1 Å². The average Bonchev–Trinajstić information content (AvgIpc) is 2.31. The fourth-order valence-corrected chi connectivity index (χ4v) is 2.87. The maximum atomic E-state index is 3.86. The van der Waals surface area contributed by atoms with Crippen molar-refractivity contribution in [2.45, 2.75) is 97.1 Å². The first-order valence-electron chi connectivity index (χ1n) is 7.94. The molecule has 2 saturated carbocycles. The van der Waals surface area contributed by atoms with Crippen LogP contribution in [0.5, 0.6) is 0 Å². The van der Waals surface area contributed by atoms with Crippen molar-refractivity contribution < 1.29 is 0 Å². The lowest BCUT2D eigenvalue weighted by molar-refractivity contribution is 0.291. The predicted octanol–water partition coefficient (Wildman–Crippen LogP) is 4.90. The summed E-state index contributed by atoms with van der Waals surface area (Å²) in [6, 6.07) is 1.74. The summed E-state index contributed by atoms with van der Waals surface area (Å²) in [5, 5.41) is 3.86. The molecule has 0 spiro atoms. The number of hydrogen-bond donors (Lipinski definition) is 1. The van der Waals surface area contributed by atoms with Crippen molar-refractivity contribution in [2.75, 3.05) is 0 Å². The molecule has 2 aliphatic rings. The molecule has 0 aromatic carbocycles. The fraction of sp³-hybridized carbons (Fsp3) is 1.00. The minimum Gasteiger partial charge on any atom is -0.311 e. The Hall–Kier alpha value is -0.0400. The molecule has 102 valence electrons. The van der Waals surface area contributed by atoms with E-state index in [1.807, 2.05) is 0 Å². The van der Waals surface area contributed by atoms with Crippen LogP contribution in [0.2, 0.25) is 0 Å². The van der Waals surface area contributed by atoms with Gasteiger partial charge in [-0.2, -0.15) is 0 Å². The third kappa shape index (κ3) is 7.81. The SMILES string of the molecule is C1CCC(NC2CCCCC2)CC1.CC(C)C. The summed E-state index contributed by atoms with van der Waals surface area (Å²) in [6.45, 7) is 6.50. The summed E-state index contributed by atoms with van der Waals surface area (Å²) in [6.07, 6.45) is 14.6. The molecular formula is C16H33N. The third-order valence-electron chi connectivity index (χ3n) is 3.68. The van der Waals surface area contributed by atoms with Gasteiger partial charge in [0.15, 0.2) is 0 Å². The average molecular weight is 239 g/mol. The van der Waals surface area contributed by atoms with Crippen molar-refractivity contribution in [2.24, 2.45) is 5.92 Å². The first-order valence-corrected chi connectivity index (χ1v) is 7.94. The molecule has 0 aliphatic heterocycles. The summed E-state index contributed by atoms with van der Waals surface area (Å²) in [5.74, 6) is 0.833. The second-order valence-corrected chi connectivity index (χ2v) is 6.57. The van der Waals surface area contributed by atoms with E-state index >= 15 is 0 Å². The molecule has 0 aromatic rings. The van der Waals surface area contributed by atoms with Crippen LogP contribution < -0.4 is 5.32 Å². The minimum atomic E-state index is 0.833. The number of rotatable bonds is 2. The van der Waals surface area contributed by atoms with Crippen molar-refractivity contribution in [3.05, 3.63) is 0 Å². The lowest BCUT2D eigenvalue weighted by Crippen LogP contribution is -2.40. The Morgan fingerprint density at radius 1 is 0.647 bits per heavy atom. The van der Waals surface area contributed by atoms with E-state index in [0.717, 1.165) is 18.0 Å². The molecule has 0 bridgehead atoms. The van der Waals surface area contributed by atoms with Gasteiger partial charge in [-0.15, -0.1) is 0 Å². The van der Waals surface area contributed by atoms with Gasteiger partial charge in [0.2, 0.25) is 0 Å². The molecule has 2 rings (SSSR count). The molecule has 0 aromatic heterocycles. The van der Waals surface area contributed by atoms with Gasteiger partial charge in [0.1, 0.15) is 0 Å². The Kier molecular flexibility index (Phi) is 7.92. The fourth-order valence-electron chi connectivity index (χ4n) is 2.87. The van der Waals surface area contributed by atoms with Gasteiger partial charge in [0.05, 0.1) is 0 Å². The maximum absolute atomic E-state index is 3.86. The first kappa shape index (κ1) is 15.0. The van der Waals surface area contributed by atoms with Crippen LogP contribution in [-0.4, -0.2) is 12.1 Å². The van der Waals surface area contributed by atoms with Gasteiger partial charge >= 0.3 is 0 Å². The highest BCUT2D eigenvalue weighted by molar-refractivity contribution is 4.79. The molecule has 17 heavy (non-hydrogen) atoms. The Balaban J connectivity index is 0.000000317. The highest BCUT2D eigenvalue weighted by atomic mass is 14.9. The van der Waals surface area contributed by atoms with Gasteiger partial charge in [-0.05, 0) is 31.6 Å². The molecule has 0 atom stereocenters. The van der Waals surface area contributed by atoms with E-state index in [0.29, 0.717) is 0 Å². The topological polar surface area (TPSA) is 12.0 Å². The minimum absolute atomic E-state index is 0.833. The monoisotopic (exact) mass is 239 g/mol. The van der Waals surface area contributed by atoms with Crippen LogP contribution in [0.15, 0.2) is 0 Å². The van der Waals surface area contributed by atoms with E-state index in [9.17, 15) is 0 Å². The number of nitrogens with one attached hydrogen (secondary N) is 1. The molecule has 0 unspecified atom stereocenters. The standard InChI is InChI=1S/C12H23N.C4H10/c1-3-7-11(8-4-1)13-12-9-5-2-6-10-12;1-4(2)3/h11-13H,1-10H2;4H,1-3H3. The van der Waals surface area contributed by atoms with Gasteiger partial charge < -0.3 is 5.32 Å². The third-order valence-corrected chi connectivity index (χ3v) is 3.68. The molecule has 2 fully saturated rings. The summed E-state index contributed by atoms with van der Waals surface area (Å²) < 4.78 is 0. The van der Waals surface area contributed by atoms with Crippen molar-refractivity contribution in [3.8, 4) is 0 Å². The lowest BCUT2D eigenvalue weighted by atomic mass is 9.91. The van der Waals surface area contributed by atoms with Crippen molar-refractivity contribution in [1.82, 2.24) is 5.32 Å². The smallest absolute Gasteiger partial charge is 0.00696 e. The number of hydrogen-bond acceptors (Lipinski definition) is 1. The van der Waals surface area contributed by atoms with Crippen LogP contribution in [0.4, 0.5) is 0 Å². The Morgan fingerprint density at radius 3 is 1.24 bits per heavy atom. The molecule has 0 radical (unpaired) electrons.